The fourth-order valence-electron chi connectivity index (χ4n) is 9.95. The van der Waals surface area contributed by atoms with E-state index >= 15 is 0 Å². The van der Waals surface area contributed by atoms with Crippen LogP contribution in [0.5, 0.6) is 0 Å². The maximum atomic E-state index is 5.36. The van der Waals surface area contributed by atoms with Crippen LogP contribution in [0.3, 0.4) is 0 Å². The first kappa shape index (κ1) is 38.9. The Morgan fingerprint density at radius 1 is 0.224 bits per heavy atom. The summed E-state index contributed by atoms with van der Waals surface area (Å²) in [4.78, 5) is 15.8. The van der Waals surface area contributed by atoms with Gasteiger partial charge < -0.3 is 0 Å². The lowest BCUT2D eigenvalue weighted by Gasteiger charge is -2.15. The molecule has 13 aromatic rings. The number of aromatic nitrogens is 3. The minimum absolute atomic E-state index is 0.627. The van der Waals surface area contributed by atoms with Crippen molar-refractivity contribution < 1.29 is 0 Å². The van der Waals surface area contributed by atoms with Gasteiger partial charge in [0.25, 0.3) is 0 Å². The van der Waals surface area contributed by atoms with Crippen LogP contribution < -0.4 is 0 Å². The molecule has 0 bridgehead atoms. The SMILES string of the molecule is c1ccc(-c2cc(-c3cccc(-c4nc(-c5ccccc5)nc(-c5cccc6c5sc5c7ccccc7c7ccccc7c65)n4)c3)cc(-c3ccc(-c4ccccc4)c4ccccc34)c2)cc1. The van der Waals surface area contributed by atoms with Gasteiger partial charge in [-0.15, -0.1) is 11.3 Å². The summed E-state index contributed by atoms with van der Waals surface area (Å²) < 4.78 is 2.44. The standard InChI is InChI=1S/C63H39N3S/c1-4-18-40(19-5-1)45-37-46(39-47(38-45)49-35-34-48(41-20-6-2-7-21-41)50-26-10-11-27-51(49)50)43-24-16-25-44(36-43)62-64-61(42-22-8-3-9-23-42)65-63(66-62)57-33-17-32-56-58-54-30-14-12-28-52(54)53-29-13-15-31-55(53)60(58)67-59(56)57/h1-39H. The summed E-state index contributed by atoms with van der Waals surface area (Å²) in [5.74, 6) is 1.92. The van der Waals surface area contributed by atoms with E-state index in [1.807, 2.05) is 29.5 Å². The highest BCUT2D eigenvalue weighted by Crippen LogP contribution is 2.47. The average Bonchev–Trinajstić information content (AvgIpc) is 3.82. The van der Waals surface area contributed by atoms with E-state index < -0.39 is 0 Å². The molecule has 0 N–H and O–H groups in total. The van der Waals surface area contributed by atoms with Crippen molar-refractivity contribution in [1.82, 2.24) is 15.0 Å². The monoisotopic (exact) mass is 869 g/mol. The zero-order chi connectivity index (χ0) is 44.3. The van der Waals surface area contributed by atoms with Crippen LogP contribution in [-0.2, 0) is 0 Å². The fraction of sp³-hybridized carbons (Fsp3) is 0. The van der Waals surface area contributed by atoms with E-state index in [-0.39, 0.29) is 0 Å². The number of benzene rings is 11. The molecule has 0 unspecified atom stereocenters. The number of thiophene rings is 1. The lowest BCUT2D eigenvalue weighted by molar-refractivity contribution is 1.08. The Bertz CT molecular complexity index is 4030. The van der Waals surface area contributed by atoms with E-state index in [4.69, 9.17) is 15.0 Å². The van der Waals surface area contributed by atoms with Gasteiger partial charge in [0.1, 0.15) is 0 Å². The molecule has 312 valence electrons. The fourth-order valence-corrected chi connectivity index (χ4v) is 11.3. The second-order valence-corrected chi connectivity index (χ2v) is 18.1. The largest absolute Gasteiger partial charge is 0.208 e. The van der Waals surface area contributed by atoms with Crippen molar-refractivity contribution in [3.63, 3.8) is 0 Å². The molecular formula is C63H39N3S. The Hall–Kier alpha value is -8.57. The summed E-state index contributed by atoms with van der Waals surface area (Å²) in [6.45, 7) is 0. The predicted octanol–water partition coefficient (Wildman–Crippen LogP) is 17.4. The van der Waals surface area contributed by atoms with Gasteiger partial charge in [-0.1, -0.05) is 206 Å². The smallest absolute Gasteiger partial charge is 0.165 e. The number of nitrogens with zero attached hydrogens (tertiary/aromatic N) is 3. The average molecular weight is 870 g/mol. The molecule has 0 aliphatic rings. The van der Waals surface area contributed by atoms with Crippen LogP contribution in [-0.4, -0.2) is 15.0 Å². The molecule has 0 amide bonds. The minimum Gasteiger partial charge on any atom is -0.208 e. The van der Waals surface area contributed by atoms with Crippen molar-refractivity contribution in [3.8, 4) is 78.7 Å². The van der Waals surface area contributed by atoms with Crippen LogP contribution >= 0.6 is 11.3 Å². The molecule has 0 saturated heterocycles. The van der Waals surface area contributed by atoms with Gasteiger partial charge in [0.05, 0.1) is 0 Å². The van der Waals surface area contributed by atoms with Crippen molar-refractivity contribution >= 4 is 63.8 Å². The Kier molecular flexibility index (Phi) is 9.36. The maximum Gasteiger partial charge on any atom is 0.165 e. The van der Waals surface area contributed by atoms with Crippen LogP contribution in [0.25, 0.3) is 131 Å². The van der Waals surface area contributed by atoms with Gasteiger partial charge in [-0.25, -0.2) is 15.0 Å². The molecule has 0 saturated carbocycles. The normalized spacial score (nSPS) is 11.6. The summed E-state index contributed by atoms with van der Waals surface area (Å²) in [7, 11) is 0. The Morgan fingerprint density at radius 3 is 1.34 bits per heavy atom. The molecule has 2 aromatic heterocycles. The quantitative estimate of drug-likeness (QED) is 0.150. The van der Waals surface area contributed by atoms with E-state index in [0.29, 0.717) is 17.5 Å². The summed E-state index contributed by atoms with van der Waals surface area (Å²) >= 11 is 1.83. The zero-order valence-corrected chi connectivity index (χ0v) is 37.1. The van der Waals surface area contributed by atoms with Crippen molar-refractivity contribution in [1.29, 1.82) is 0 Å². The van der Waals surface area contributed by atoms with Crippen LogP contribution in [0.2, 0.25) is 0 Å². The highest BCUT2D eigenvalue weighted by atomic mass is 32.1. The van der Waals surface area contributed by atoms with Gasteiger partial charge in [-0.2, -0.15) is 0 Å². The van der Waals surface area contributed by atoms with Gasteiger partial charge in [-0.3, -0.25) is 0 Å². The van der Waals surface area contributed by atoms with Crippen molar-refractivity contribution in [3.05, 3.63) is 237 Å². The van der Waals surface area contributed by atoms with Crippen LogP contribution in [0, 0.1) is 0 Å². The molecule has 3 nitrogen and oxygen atoms in total. The van der Waals surface area contributed by atoms with Crippen molar-refractivity contribution in [2.75, 3.05) is 0 Å². The van der Waals surface area contributed by atoms with Crippen LogP contribution in [0.15, 0.2) is 237 Å². The van der Waals surface area contributed by atoms with E-state index in [9.17, 15) is 0 Å². The summed E-state index contributed by atoms with van der Waals surface area (Å²) in [6, 6.07) is 84.7. The molecule has 0 atom stereocenters. The highest BCUT2D eigenvalue weighted by Gasteiger charge is 2.20. The molecule has 0 aliphatic heterocycles. The number of hydrogen-bond donors (Lipinski definition) is 0. The lowest BCUT2D eigenvalue weighted by Crippen LogP contribution is -2.00. The highest BCUT2D eigenvalue weighted by molar-refractivity contribution is 7.27. The van der Waals surface area contributed by atoms with Crippen molar-refractivity contribution in [2.45, 2.75) is 0 Å². The van der Waals surface area contributed by atoms with E-state index in [1.54, 1.807) is 0 Å². The van der Waals surface area contributed by atoms with Crippen molar-refractivity contribution in [2.24, 2.45) is 0 Å². The van der Waals surface area contributed by atoms with Crippen LogP contribution in [0.1, 0.15) is 0 Å². The molecule has 67 heavy (non-hydrogen) atoms. The second kappa shape index (κ2) is 16.1. The lowest BCUT2D eigenvalue weighted by atomic mass is 9.89. The summed E-state index contributed by atoms with van der Waals surface area (Å²) in [5.41, 5.74) is 12.1. The first-order valence-electron chi connectivity index (χ1n) is 22.7. The third kappa shape index (κ3) is 6.77. The van der Waals surface area contributed by atoms with Gasteiger partial charge in [0.2, 0.25) is 0 Å². The minimum atomic E-state index is 0.627. The van der Waals surface area contributed by atoms with Gasteiger partial charge in [0, 0.05) is 42.2 Å². The second-order valence-electron chi connectivity index (χ2n) is 17.1. The van der Waals surface area contributed by atoms with Gasteiger partial charge >= 0.3 is 0 Å². The van der Waals surface area contributed by atoms with E-state index in [1.165, 1.54) is 69.2 Å². The Labute approximate surface area is 392 Å². The van der Waals surface area contributed by atoms with Crippen LogP contribution in [0.4, 0.5) is 0 Å². The zero-order valence-electron chi connectivity index (χ0n) is 36.3. The predicted molar refractivity (Wildman–Crippen MR) is 283 cm³/mol. The molecule has 4 heteroatoms. The molecule has 0 fully saturated rings. The number of fused-ring (bicyclic) bond motifs is 9. The summed E-state index contributed by atoms with van der Waals surface area (Å²) in [5, 5.41) is 9.99. The molecule has 0 aliphatic carbocycles. The maximum absolute atomic E-state index is 5.36. The first-order chi connectivity index (χ1) is 33.2. The molecule has 2 heterocycles. The van der Waals surface area contributed by atoms with E-state index in [0.717, 1.165) is 44.5 Å². The topological polar surface area (TPSA) is 38.7 Å². The molecule has 11 aromatic carbocycles. The molecule has 0 radical (unpaired) electrons. The number of rotatable bonds is 7. The van der Waals surface area contributed by atoms with Gasteiger partial charge in [-0.05, 0) is 102 Å². The Balaban J connectivity index is 0.987. The molecule has 0 spiro atoms. The van der Waals surface area contributed by atoms with E-state index in [2.05, 4.69) is 218 Å². The molecule has 13 rings (SSSR count). The van der Waals surface area contributed by atoms with Gasteiger partial charge in [0.15, 0.2) is 17.5 Å². The summed E-state index contributed by atoms with van der Waals surface area (Å²) in [6.07, 6.45) is 0. The third-order valence-corrected chi connectivity index (χ3v) is 14.4. The number of hydrogen-bond acceptors (Lipinski definition) is 4. The Morgan fingerprint density at radius 2 is 0.657 bits per heavy atom. The molecular weight excluding hydrogens is 831 g/mol. The third-order valence-electron chi connectivity index (χ3n) is 13.1. The first-order valence-corrected chi connectivity index (χ1v) is 23.5.